The molecule has 2 aromatic heterocycles. The van der Waals surface area contributed by atoms with E-state index in [-0.39, 0.29) is 51.8 Å². The molecule has 5 rings (SSSR count). The number of aryl methyl sites for hydroxylation is 1. The molecule has 2 atom stereocenters. The van der Waals surface area contributed by atoms with Crippen LogP contribution in [0, 0.1) is 11.6 Å². The Labute approximate surface area is 273 Å². The number of anilines is 1. The number of rotatable bonds is 11. The summed E-state index contributed by atoms with van der Waals surface area (Å²) in [6.45, 7) is -0.0319. The predicted octanol–water partition coefficient (Wildman–Crippen LogP) is 4.16. The summed E-state index contributed by atoms with van der Waals surface area (Å²) in [5.41, 5.74) is 0.196. The second-order valence-electron chi connectivity index (χ2n) is 10.3. The number of carboxylic acid groups (broad SMARTS) is 1. The lowest BCUT2D eigenvalue weighted by Crippen LogP contribution is -2.34. The van der Waals surface area contributed by atoms with Gasteiger partial charge in [0.25, 0.3) is 5.56 Å². The molecule has 0 saturated carbocycles. The van der Waals surface area contributed by atoms with E-state index in [1.807, 2.05) is 0 Å². The lowest BCUT2D eigenvalue weighted by Gasteiger charge is -2.25. The van der Waals surface area contributed by atoms with E-state index in [1.165, 1.54) is 31.0 Å². The number of hydrogen-bond acceptors (Lipinski definition) is 8. The molecular formula is C30H26ClF2N6O7S-. The molecule has 13 nitrogen and oxygen atoms in total. The number of amides is 1. The first-order valence-corrected chi connectivity index (χ1v) is 15.2. The highest BCUT2D eigenvalue weighted by Crippen LogP contribution is 2.37. The van der Waals surface area contributed by atoms with Crippen LogP contribution in [0.4, 0.5) is 19.4 Å². The van der Waals surface area contributed by atoms with Gasteiger partial charge in [-0.05, 0) is 53.9 Å². The van der Waals surface area contributed by atoms with Crippen molar-refractivity contribution in [3.63, 3.8) is 0 Å². The molecule has 2 heterocycles. The molecule has 47 heavy (non-hydrogen) atoms. The Kier molecular flexibility index (Phi) is 9.74. The van der Waals surface area contributed by atoms with Gasteiger partial charge in [0.1, 0.15) is 23.2 Å². The van der Waals surface area contributed by atoms with Crippen LogP contribution in [-0.2, 0) is 31.2 Å². The van der Waals surface area contributed by atoms with E-state index in [1.54, 1.807) is 24.3 Å². The first kappa shape index (κ1) is 33.3. The minimum atomic E-state index is -2.81. The average Bonchev–Trinajstić information content (AvgIpc) is 3.34. The monoisotopic (exact) mass is 687 g/mol. The third-order valence-electron chi connectivity index (χ3n) is 7.22. The van der Waals surface area contributed by atoms with Crippen LogP contribution in [0.25, 0.3) is 16.6 Å². The van der Waals surface area contributed by atoms with Crippen LogP contribution in [0.5, 0.6) is 11.6 Å². The Balaban J connectivity index is 1.65. The molecule has 246 valence electrons. The van der Waals surface area contributed by atoms with Gasteiger partial charge in [0, 0.05) is 37.3 Å². The molecule has 0 bridgehead atoms. The maximum Gasteiger partial charge on any atom is 0.405 e. The van der Waals surface area contributed by atoms with E-state index in [0.29, 0.717) is 18.2 Å². The summed E-state index contributed by atoms with van der Waals surface area (Å²) in [4.78, 5) is 29.4. The Bertz CT molecular complexity index is 2040. The number of methoxy groups -OCH3 is 1. The van der Waals surface area contributed by atoms with Crippen molar-refractivity contribution in [1.29, 1.82) is 0 Å². The molecular weight excluding hydrogens is 662 g/mol. The summed E-state index contributed by atoms with van der Waals surface area (Å²) in [7, 11) is 3.02. The molecule has 1 amide bonds. The van der Waals surface area contributed by atoms with Crippen LogP contribution in [0.15, 0.2) is 65.5 Å². The molecule has 0 aliphatic carbocycles. The number of nitrogens with zero attached hydrogens (tertiary/aromatic N) is 5. The smallest absolute Gasteiger partial charge is 0.405 e. The fourth-order valence-electron chi connectivity index (χ4n) is 5.25. The van der Waals surface area contributed by atoms with Gasteiger partial charge in [-0.3, -0.25) is 22.6 Å². The van der Waals surface area contributed by atoms with Gasteiger partial charge in [-0.25, -0.2) is 13.6 Å². The Hall–Kier alpha value is -5.06. The standard InChI is InChI=1S/C30H27ClF2N6O7S/c1-37-27-23(8-7-21(31)26(27)29(36-37)38(47(44)45)10-9-16-3-5-20(46-2)6-4-16)39-25(41)15-24(40)35-28(39)22(34-30(42)43)13-17-11-18(32)14-19(33)12-17/h3-8,11-12,14-15,22,34,40H,9-10,13H2,1-2H3,(H,42,43)(H,44,45)/p-1. The van der Waals surface area contributed by atoms with Crippen LogP contribution in [0.1, 0.15) is 23.0 Å². The fraction of sp³-hybridized carbons (Fsp3) is 0.200. The first-order chi connectivity index (χ1) is 22.4. The van der Waals surface area contributed by atoms with E-state index in [4.69, 9.17) is 16.3 Å². The summed E-state index contributed by atoms with van der Waals surface area (Å²) in [5.74, 6) is -2.32. The van der Waals surface area contributed by atoms with Gasteiger partial charge in [0.05, 0.1) is 40.8 Å². The van der Waals surface area contributed by atoms with Crippen LogP contribution < -0.4 is 19.9 Å². The van der Waals surface area contributed by atoms with E-state index in [2.05, 4.69) is 15.4 Å². The van der Waals surface area contributed by atoms with Crippen molar-refractivity contribution < 1.29 is 37.3 Å². The van der Waals surface area contributed by atoms with Gasteiger partial charge in [-0.1, -0.05) is 23.7 Å². The first-order valence-electron chi connectivity index (χ1n) is 13.8. The minimum Gasteiger partial charge on any atom is -0.755 e. The number of fused-ring (bicyclic) bond motifs is 1. The third-order valence-corrected chi connectivity index (χ3v) is 8.25. The maximum atomic E-state index is 14.0. The zero-order chi connectivity index (χ0) is 34.0. The topological polar surface area (TPSA) is 175 Å². The number of carbonyl (C=O) groups is 1. The van der Waals surface area contributed by atoms with E-state index < -0.39 is 46.5 Å². The molecule has 3 aromatic carbocycles. The molecule has 2 unspecified atom stereocenters. The van der Waals surface area contributed by atoms with Crippen LogP contribution in [0.3, 0.4) is 0 Å². The molecule has 0 spiro atoms. The SMILES string of the molecule is COc1ccc(CCN(c2nn(C)c3c(-n4c(C(Cc5cc(F)cc(F)c5)NC(=O)O)nc(O)cc4=O)ccc(Cl)c23)S(=O)[O-])cc1. The van der Waals surface area contributed by atoms with Gasteiger partial charge in [0.2, 0.25) is 5.88 Å². The van der Waals surface area contributed by atoms with Crippen molar-refractivity contribution in [2.24, 2.45) is 7.05 Å². The third kappa shape index (κ3) is 7.19. The second kappa shape index (κ2) is 13.7. The van der Waals surface area contributed by atoms with Crippen molar-refractivity contribution in [3.8, 4) is 17.3 Å². The van der Waals surface area contributed by atoms with Crippen LogP contribution >= 0.6 is 11.6 Å². The number of benzene rings is 3. The molecule has 0 aliphatic rings. The van der Waals surface area contributed by atoms with E-state index in [0.717, 1.165) is 32.6 Å². The van der Waals surface area contributed by atoms with Gasteiger partial charge in [-0.15, -0.1) is 0 Å². The van der Waals surface area contributed by atoms with E-state index in [9.17, 15) is 37.3 Å². The summed E-state index contributed by atoms with van der Waals surface area (Å²) in [6.07, 6.45) is -1.63. The molecule has 0 saturated heterocycles. The number of halogens is 3. The Morgan fingerprint density at radius 1 is 1.13 bits per heavy atom. The van der Waals surface area contributed by atoms with Gasteiger partial charge in [-0.2, -0.15) is 10.1 Å². The zero-order valence-electron chi connectivity index (χ0n) is 24.7. The minimum absolute atomic E-state index is 0.0277. The lowest BCUT2D eigenvalue weighted by molar-refractivity contribution is 0.189. The van der Waals surface area contributed by atoms with Gasteiger partial charge in [0.15, 0.2) is 5.82 Å². The van der Waals surface area contributed by atoms with Crippen LogP contribution in [0.2, 0.25) is 5.02 Å². The van der Waals surface area contributed by atoms with Crippen molar-refractivity contribution in [3.05, 3.63) is 105 Å². The highest BCUT2D eigenvalue weighted by molar-refractivity contribution is 7.80. The average molecular weight is 688 g/mol. The molecule has 5 aromatic rings. The summed E-state index contributed by atoms with van der Waals surface area (Å²) in [5, 5.41) is 26.8. The number of hydrogen-bond donors (Lipinski definition) is 3. The van der Waals surface area contributed by atoms with E-state index >= 15 is 0 Å². The second-order valence-corrected chi connectivity index (χ2v) is 11.6. The number of nitrogens with one attached hydrogen (secondary N) is 1. The van der Waals surface area contributed by atoms with Gasteiger partial charge < -0.3 is 24.8 Å². The Morgan fingerprint density at radius 3 is 2.43 bits per heavy atom. The van der Waals surface area contributed by atoms with Gasteiger partial charge >= 0.3 is 6.09 Å². The predicted molar refractivity (Wildman–Crippen MR) is 168 cm³/mol. The lowest BCUT2D eigenvalue weighted by atomic mass is 10.0. The normalized spacial score (nSPS) is 12.6. The molecule has 0 fully saturated rings. The quantitative estimate of drug-likeness (QED) is 0.172. The molecule has 0 aliphatic heterocycles. The molecule has 17 heteroatoms. The Morgan fingerprint density at radius 2 is 1.81 bits per heavy atom. The summed E-state index contributed by atoms with van der Waals surface area (Å²) < 4.78 is 61.5. The van der Waals surface area contributed by atoms with Crippen molar-refractivity contribution >= 4 is 45.7 Å². The fourth-order valence-corrected chi connectivity index (χ4v) is 6.00. The highest BCUT2D eigenvalue weighted by atomic mass is 35.5. The highest BCUT2D eigenvalue weighted by Gasteiger charge is 2.27. The number of ether oxygens (including phenoxy) is 1. The van der Waals surface area contributed by atoms with Crippen molar-refractivity contribution in [2.75, 3.05) is 18.0 Å². The summed E-state index contributed by atoms with van der Waals surface area (Å²) in [6, 6.07) is 11.9. The van der Waals surface area contributed by atoms with Crippen molar-refractivity contribution in [1.82, 2.24) is 24.6 Å². The maximum absolute atomic E-state index is 14.0. The number of aromatic nitrogens is 4. The van der Waals surface area contributed by atoms with Crippen LogP contribution in [-0.4, -0.2) is 58.1 Å². The summed E-state index contributed by atoms with van der Waals surface area (Å²) >= 11 is 3.79. The van der Waals surface area contributed by atoms with Crippen molar-refractivity contribution in [2.45, 2.75) is 18.9 Å². The number of aromatic hydroxyl groups is 1. The largest absolute Gasteiger partial charge is 0.755 e. The zero-order valence-corrected chi connectivity index (χ0v) is 26.3. The molecule has 0 radical (unpaired) electrons. The molecule has 3 N–H and O–H groups in total.